The van der Waals surface area contributed by atoms with E-state index >= 15 is 0 Å². The second-order valence-corrected chi connectivity index (χ2v) is 5.01. The number of para-hydroxylation sites is 1. The van der Waals surface area contributed by atoms with Crippen LogP contribution in [0.25, 0.3) is 5.69 Å². The predicted molar refractivity (Wildman–Crippen MR) is 72.7 cm³/mol. The van der Waals surface area contributed by atoms with Gasteiger partial charge in [0.2, 0.25) is 0 Å². The van der Waals surface area contributed by atoms with Gasteiger partial charge in [0, 0.05) is 17.8 Å². The number of nitrogens with zero attached hydrogens (tertiary/aromatic N) is 2. The highest BCUT2D eigenvalue weighted by atomic mass is 15.3. The van der Waals surface area contributed by atoms with Crippen LogP contribution in [0.1, 0.15) is 30.9 Å². The Morgan fingerprint density at radius 3 is 2.67 bits per heavy atom. The SMILES string of the molecule is CNC(c1cnn(-c2ccccc2)c1)C1CCC1. The summed E-state index contributed by atoms with van der Waals surface area (Å²) in [5.41, 5.74) is 2.42. The Labute approximate surface area is 108 Å². The van der Waals surface area contributed by atoms with Crippen molar-refractivity contribution in [2.24, 2.45) is 5.92 Å². The molecule has 1 N–H and O–H groups in total. The zero-order valence-electron chi connectivity index (χ0n) is 10.7. The van der Waals surface area contributed by atoms with Gasteiger partial charge in [0.15, 0.2) is 0 Å². The van der Waals surface area contributed by atoms with E-state index in [1.165, 1.54) is 24.8 Å². The largest absolute Gasteiger partial charge is 0.313 e. The maximum atomic E-state index is 4.47. The van der Waals surface area contributed by atoms with Crippen molar-refractivity contribution >= 4 is 0 Å². The van der Waals surface area contributed by atoms with Crippen LogP contribution in [0.5, 0.6) is 0 Å². The molecular formula is C15H19N3. The highest BCUT2D eigenvalue weighted by molar-refractivity contribution is 5.31. The van der Waals surface area contributed by atoms with Crippen molar-refractivity contribution in [2.45, 2.75) is 25.3 Å². The second-order valence-electron chi connectivity index (χ2n) is 5.01. The minimum absolute atomic E-state index is 0.455. The molecule has 1 fully saturated rings. The second kappa shape index (κ2) is 4.94. The molecule has 0 bridgehead atoms. The Balaban J connectivity index is 1.84. The van der Waals surface area contributed by atoms with Crippen molar-refractivity contribution < 1.29 is 0 Å². The molecule has 0 spiro atoms. The summed E-state index contributed by atoms with van der Waals surface area (Å²) in [6, 6.07) is 10.7. The lowest BCUT2D eigenvalue weighted by Gasteiger charge is -2.33. The number of nitrogens with one attached hydrogen (secondary N) is 1. The Morgan fingerprint density at radius 2 is 2.06 bits per heavy atom. The molecule has 1 heterocycles. The van der Waals surface area contributed by atoms with Crippen molar-refractivity contribution in [3.05, 3.63) is 48.3 Å². The van der Waals surface area contributed by atoms with E-state index < -0.39 is 0 Å². The first-order valence-corrected chi connectivity index (χ1v) is 6.66. The summed E-state index contributed by atoms with van der Waals surface area (Å²) in [6.45, 7) is 0. The molecule has 0 saturated heterocycles. The lowest BCUT2D eigenvalue weighted by Crippen LogP contribution is -2.29. The molecule has 1 saturated carbocycles. The standard InChI is InChI=1S/C15H19N3/c1-16-15(12-6-5-7-12)13-10-17-18(11-13)14-8-3-2-4-9-14/h2-4,8-12,15-16H,5-7H2,1H3. The van der Waals surface area contributed by atoms with Gasteiger partial charge in [-0.2, -0.15) is 5.10 Å². The third-order valence-electron chi connectivity index (χ3n) is 3.91. The molecule has 1 aromatic heterocycles. The van der Waals surface area contributed by atoms with Gasteiger partial charge in [-0.15, -0.1) is 0 Å². The number of rotatable bonds is 4. The van der Waals surface area contributed by atoms with E-state index in [9.17, 15) is 0 Å². The van der Waals surface area contributed by atoms with Crippen LogP contribution in [-0.2, 0) is 0 Å². The smallest absolute Gasteiger partial charge is 0.0645 e. The summed E-state index contributed by atoms with van der Waals surface area (Å²) < 4.78 is 1.96. The fourth-order valence-electron chi connectivity index (χ4n) is 2.67. The molecule has 18 heavy (non-hydrogen) atoms. The highest BCUT2D eigenvalue weighted by Crippen LogP contribution is 2.37. The van der Waals surface area contributed by atoms with Crippen LogP contribution in [0, 0.1) is 5.92 Å². The minimum Gasteiger partial charge on any atom is -0.313 e. The molecule has 1 aromatic carbocycles. The van der Waals surface area contributed by atoms with E-state index in [4.69, 9.17) is 0 Å². The zero-order chi connectivity index (χ0) is 12.4. The molecular weight excluding hydrogens is 222 g/mol. The average Bonchev–Trinajstić information content (AvgIpc) is 2.84. The molecule has 94 valence electrons. The number of aromatic nitrogens is 2. The van der Waals surface area contributed by atoms with Gasteiger partial charge in [-0.3, -0.25) is 0 Å². The molecule has 1 atom stereocenters. The number of benzene rings is 1. The summed E-state index contributed by atoms with van der Waals surface area (Å²) in [7, 11) is 2.04. The molecule has 0 amide bonds. The first kappa shape index (κ1) is 11.5. The van der Waals surface area contributed by atoms with Gasteiger partial charge in [0.25, 0.3) is 0 Å². The lowest BCUT2D eigenvalue weighted by molar-refractivity contribution is 0.239. The summed E-state index contributed by atoms with van der Waals surface area (Å²) >= 11 is 0. The zero-order valence-corrected chi connectivity index (χ0v) is 10.7. The van der Waals surface area contributed by atoms with Crippen LogP contribution < -0.4 is 5.32 Å². The first-order valence-electron chi connectivity index (χ1n) is 6.66. The van der Waals surface area contributed by atoms with E-state index in [1.54, 1.807) is 0 Å². The van der Waals surface area contributed by atoms with Crippen molar-refractivity contribution in [1.82, 2.24) is 15.1 Å². The van der Waals surface area contributed by atoms with E-state index in [0.29, 0.717) is 6.04 Å². The molecule has 3 rings (SSSR count). The van der Waals surface area contributed by atoms with Crippen LogP contribution in [0.4, 0.5) is 0 Å². The lowest BCUT2D eigenvalue weighted by atomic mass is 9.78. The third kappa shape index (κ3) is 2.06. The van der Waals surface area contributed by atoms with Crippen LogP contribution in [0.3, 0.4) is 0 Å². The van der Waals surface area contributed by atoms with E-state index in [1.807, 2.05) is 36.1 Å². The predicted octanol–water partition coefficient (Wildman–Crippen LogP) is 2.93. The van der Waals surface area contributed by atoms with Gasteiger partial charge >= 0.3 is 0 Å². The quantitative estimate of drug-likeness (QED) is 0.892. The van der Waals surface area contributed by atoms with E-state index in [0.717, 1.165) is 11.6 Å². The Bertz CT molecular complexity index is 499. The summed E-state index contributed by atoms with van der Waals surface area (Å²) in [5, 5.41) is 7.90. The highest BCUT2D eigenvalue weighted by Gasteiger charge is 2.28. The number of hydrogen-bond acceptors (Lipinski definition) is 2. The maximum Gasteiger partial charge on any atom is 0.0645 e. The van der Waals surface area contributed by atoms with Crippen molar-refractivity contribution in [3.63, 3.8) is 0 Å². The molecule has 0 radical (unpaired) electrons. The first-order chi connectivity index (χ1) is 8.88. The van der Waals surface area contributed by atoms with Gasteiger partial charge in [-0.25, -0.2) is 4.68 Å². The molecule has 0 aliphatic heterocycles. The summed E-state index contributed by atoms with van der Waals surface area (Å²) in [5.74, 6) is 0.781. The number of hydrogen-bond donors (Lipinski definition) is 1. The van der Waals surface area contributed by atoms with Crippen LogP contribution in [0.15, 0.2) is 42.7 Å². The molecule has 3 nitrogen and oxygen atoms in total. The Kier molecular flexibility index (Phi) is 3.15. The Morgan fingerprint density at radius 1 is 1.28 bits per heavy atom. The van der Waals surface area contributed by atoms with Gasteiger partial charge < -0.3 is 5.32 Å². The van der Waals surface area contributed by atoms with Gasteiger partial charge in [-0.1, -0.05) is 24.6 Å². The van der Waals surface area contributed by atoms with E-state index in [2.05, 4.69) is 28.7 Å². The molecule has 2 aromatic rings. The van der Waals surface area contributed by atoms with E-state index in [-0.39, 0.29) is 0 Å². The topological polar surface area (TPSA) is 29.9 Å². The van der Waals surface area contributed by atoms with Crippen LogP contribution in [0.2, 0.25) is 0 Å². The van der Waals surface area contributed by atoms with Gasteiger partial charge in [0.1, 0.15) is 0 Å². The summed E-state index contributed by atoms with van der Waals surface area (Å²) in [4.78, 5) is 0. The summed E-state index contributed by atoms with van der Waals surface area (Å²) in [6.07, 6.45) is 8.18. The minimum atomic E-state index is 0.455. The fourth-order valence-corrected chi connectivity index (χ4v) is 2.67. The van der Waals surface area contributed by atoms with Gasteiger partial charge in [0.05, 0.1) is 11.9 Å². The third-order valence-corrected chi connectivity index (χ3v) is 3.91. The fraction of sp³-hybridized carbons (Fsp3) is 0.400. The van der Waals surface area contributed by atoms with Crippen LogP contribution in [-0.4, -0.2) is 16.8 Å². The normalized spacial score (nSPS) is 17.4. The Hall–Kier alpha value is -1.61. The molecule has 1 aliphatic carbocycles. The van der Waals surface area contributed by atoms with Crippen LogP contribution >= 0.6 is 0 Å². The van der Waals surface area contributed by atoms with Crippen molar-refractivity contribution in [2.75, 3.05) is 7.05 Å². The molecule has 1 unspecified atom stereocenters. The van der Waals surface area contributed by atoms with Crippen molar-refractivity contribution in [3.8, 4) is 5.69 Å². The molecule has 1 aliphatic rings. The van der Waals surface area contributed by atoms with Gasteiger partial charge in [-0.05, 0) is 37.9 Å². The molecule has 3 heteroatoms. The van der Waals surface area contributed by atoms with Crippen molar-refractivity contribution in [1.29, 1.82) is 0 Å². The monoisotopic (exact) mass is 241 g/mol. The maximum absolute atomic E-state index is 4.47. The average molecular weight is 241 g/mol.